The molecule has 0 unspecified atom stereocenters. The summed E-state index contributed by atoms with van der Waals surface area (Å²) in [5, 5.41) is 11.4. The lowest BCUT2D eigenvalue weighted by Gasteiger charge is -2.03. The van der Waals surface area contributed by atoms with Crippen molar-refractivity contribution in [2.75, 3.05) is 11.9 Å². The Morgan fingerprint density at radius 3 is 2.95 bits per heavy atom. The third-order valence-corrected chi connectivity index (χ3v) is 2.33. The highest BCUT2D eigenvalue weighted by molar-refractivity contribution is 6.02. The van der Waals surface area contributed by atoms with Gasteiger partial charge in [0.2, 0.25) is 0 Å². The van der Waals surface area contributed by atoms with E-state index in [1.54, 1.807) is 30.3 Å². The van der Waals surface area contributed by atoms with Crippen molar-refractivity contribution in [3.05, 3.63) is 54.0 Å². The Bertz CT molecular complexity index is 606. The van der Waals surface area contributed by atoms with Crippen LogP contribution in [0.5, 0.6) is 0 Å². The van der Waals surface area contributed by atoms with Crippen LogP contribution in [0.15, 0.2) is 47.1 Å². The normalized spacial score (nSPS) is 9.53. The highest BCUT2D eigenvalue weighted by Crippen LogP contribution is 2.12. The summed E-state index contributed by atoms with van der Waals surface area (Å²) in [6, 6.07) is 10.4. The smallest absolute Gasteiger partial charge is 0.291 e. The largest absolute Gasteiger partial charge is 0.459 e. The average Bonchev–Trinajstić information content (AvgIpc) is 2.93. The van der Waals surface area contributed by atoms with Crippen molar-refractivity contribution < 1.29 is 14.3 Å². The molecule has 0 aliphatic heterocycles. The molecule has 0 aliphatic rings. The Labute approximate surface area is 111 Å². The van der Waals surface area contributed by atoms with Crippen LogP contribution in [-0.2, 0) is 0 Å². The summed E-state index contributed by atoms with van der Waals surface area (Å²) in [6.45, 7) is 0.0436. The molecule has 1 aromatic carbocycles. The van der Waals surface area contributed by atoms with Crippen molar-refractivity contribution in [3.63, 3.8) is 0 Å². The lowest BCUT2D eigenvalue weighted by atomic mass is 10.2. The Kier molecular flexibility index (Phi) is 4.38. The van der Waals surface area contributed by atoms with E-state index in [1.165, 1.54) is 6.26 Å². The lowest BCUT2D eigenvalue weighted by Crippen LogP contribution is -2.10. The van der Waals surface area contributed by atoms with Crippen LogP contribution in [-0.4, -0.2) is 17.6 Å². The molecule has 4 nitrogen and oxygen atoms in total. The summed E-state index contributed by atoms with van der Waals surface area (Å²) in [7, 11) is 0. The summed E-state index contributed by atoms with van der Waals surface area (Å²) >= 11 is 0. The standard InChI is InChI=1S/C15H13NO3/c17-9-2-1-5-12-6-3-7-13(11-12)16-15(18)14-8-4-10-19-14/h3-4,6-8,10-11,17H,2,9H2,(H,16,18). The molecule has 0 atom stereocenters. The summed E-state index contributed by atoms with van der Waals surface area (Å²) in [6.07, 6.45) is 1.88. The van der Waals surface area contributed by atoms with E-state index < -0.39 is 0 Å². The van der Waals surface area contributed by atoms with Gasteiger partial charge in [0.05, 0.1) is 12.9 Å². The van der Waals surface area contributed by atoms with Gasteiger partial charge in [0.15, 0.2) is 5.76 Å². The summed E-state index contributed by atoms with van der Waals surface area (Å²) in [5.41, 5.74) is 1.43. The van der Waals surface area contributed by atoms with Gasteiger partial charge in [0, 0.05) is 17.7 Å². The van der Waals surface area contributed by atoms with Gasteiger partial charge < -0.3 is 14.8 Å². The van der Waals surface area contributed by atoms with Gasteiger partial charge in [0.25, 0.3) is 5.91 Å². The number of carbonyl (C=O) groups is 1. The molecule has 0 aliphatic carbocycles. The predicted octanol–water partition coefficient (Wildman–Crippen LogP) is 2.27. The van der Waals surface area contributed by atoms with Crippen LogP contribution in [0.1, 0.15) is 22.5 Å². The minimum Gasteiger partial charge on any atom is -0.459 e. The molecular formula is C15H13NO3. The van der Waals surface area contributed by atoms with Crippen molar-refractivity contribution in [1.29, 1.82) is 0 Å². The van der Waals surface area contributed by atoms with Crippen LogP contribution in [0.4, 0.5) is 5.69 Å². The maximum absolute atomic E-state index is 11.8. The molecule has 2 aromatic rings. The third-order valence-electron chi connectivity index (χ3n) is 2.33. The molecule has 2 rings (SSSR count). The molecule has 0 saturated carbocycles. The second kappa shape index (κ2) is 6.43. The number of anilines is 1. The topological polar surface area (TPSA) is 62.5 Å². The zero-order valence-corrected chi connectivity index (χ0v) is 10.2. The molecular weight excluding hydrogens is 242 g/mol. The van der Waals surface area contributed by atoms with Gasteiger partial charge >= 0.3 is 0 Å². The fourth-order valence-electron chi connectivity index (χ4n) is 1.50. The van der Waals surface area contributed by atoms with Gasteiger partial charge in [-0.05, 0) is 30.3 Å². The van der Waals surface area contributed by atoms with E-state index in [2.05, 4.69) is 17.2 Å². The Morgan fingerprint density at radius 2 is 2.21 bits per heavy atom. The van der Waals surface area contributed by atoms with Gasteiger partial charge in [0.1, 0.15) is 0 Å². The van der Waals surface area contributed by atoms with E-state index in [9.17, 15) is 4.79 Å². The van der Waals surface area contributed by atoms with E-state index >= 15 is 0 Å². The van der Waals surface area contributed by atoms with Crippen LogP contribution in [0, 0.1) is 11.8 Å². The first-order valence-electron chi connectivity index (χ1n) is 5.84. The summed E-state index contributed by atoms with van der Waals surface area (Å²) in [5.74, 6) is 5.70. The minimum atomic E-state index is -0.300. The maximum Gasteiger partial charge on any atom is 0.291 e. The van der Waals surface area contributed by atoms with E-state index in [1.807, 2.05) is 6.07 Å². The Morgan fingerprint density at radius 1 is 1.32 bits per heavy atom. The Balaban J connectivity index is 2.07. The number of hydrogen-bond acceptors (Lipinski definition) is 3. The van der Waals surface area contributed by atoms with Crippen molar-refractivity contribution in [2.24, 2.45) is 0 Å². The molecule has 0 spiro atoms. The van der Waals surface area contributed by atoms with Crippen molar-refractivity contribution in [3.8, 4) is 11.8 Å². The summed E-state index contributed by atoms with van der Waals surface area (Å²) in [4.78, 5) is 11.8. The van der Waals surface area contributed by atoms with Crippen molar-refractivity contribution in [2.45, 2.75) is 6.42 Å². The van der Waals surface area contributed by atoms with Gasteiger partial charge in [-0.2, -0.15) is 0 Å². The quantitative estimate of drug-likeness (QED) is 0.827. The highest BCUT2D eigenvalue weighted by Gasteiger charge is 2.08. The van der Waals surface area contributed by atoms with Gasteiger partial charge in [-0.1, -0.05) is 17.9 Å². The fourth-order valence-corrected chi connectivity index (χ4v) is 1.50. The Hall–Kier alpha value is -2.51. The lowest BCUT2D eigenvalue weighted by molar-refractivity contribution is 0.0996. The van der Waals surface area contributed by atoms with Crippen LogP contribution in [0.2, 0.25) is 0 Å². The maximum atomic E-state index is 11.8. The SMILES string of the molecule is O=C(Nc1cccc(C#CCCO)c1)c1ccco1. The molecule has 2 N–H and O–H groups in total. The van der Waals surface area contributed by atoms with Crippen molar-refractivity contribution in [1.82, 2.24) is 0 Å². The average molecular weight is 255 g/mol. The fraction of sp³-hybridized carbons (Fsp3) is 0.133. The second-order valence-electron chi connectivity index (χ2n) is 3.79. The van der Waals surface area contributed by atoms with E-state index in [-0.39, 0.29) is 18.3 Å². The molecule has 0 saturated heterocycles. The zero-order valence-electron chi connectivity index (χ0n) is 10.2. The third kappa shape index (κ3) is 3.73. The molecule has 0 radical (unpaired) electrons. The second-order valence-corrected chi connectivity index (χ2v) is 3.79. The molecule has 1 aromatic heterocycles. The van der Waals surface area contributed by atoms with E-state index in [4.69, 9.17) is 9.52 Å². The number of benzene rings is 1. The molecule has 1 amide bonds. The van der Waals surface area contributed by atoms with E-state index in [0.29, 0.717) is 12.1 Å². The van der Waals surface area contributed by atoms with Gasteiger partial charge in [-0.25, -0.2) is 0 Å². The highest BCUT2D eigenvalue weighted by atomic mass is 16.3. The van der Waals surface area contributed by atoms with E-state index in [0.717, 1.165) is 5.56 Å². The van der Waals surface area contributed by atoms with Crippen LogP contribution in [0.25, 0.3) is 0 Å². The van der Waals surface area contributed by atoms with Crippen molar-refractivity contribution >= 4 is 11.6 Å². The zero-order chi connectivity index (χ0) is 13.5. The first-order chi connectivity index (χ1) is 9.29. The molecule has 0 bridgehead atoms. The molecule has 19 heavy (non-hydrogen) atoms. The number of furan rings is 1. The number of carbonyl (C=O) groups excluding carboxylic acids is 1. The minimum absolute atomic E-state index is 0.0436. The van der Waals surface area contributed by atoms with Crippen LogP contribution >= 0.6 is 0 Å². The molecule has 96 valence electrons. The predicted molar refractivity (Wildman–Crippen MR) is 71.7 cm³/mol. The number of aliphatic hydroxyl groups is 1. The number of hydrogen-bond donors (Lipinski definition) is 2. The molecule has 0 fully saturated rings. The van der Waals surface area contributed by atoms with Gasteiger partial charge in [-0.15, -0.1) is 0 Å². The van der Waals surface area contributed by atoms with Crippen LogP contribution in [0.3, 0.4) is 0 Å². The number of nitrogens with one attached hydrogen (secondary N) is 1. The molecule has 1 heterocycles. The summed E-state index contributed by atoms with van der Waals surface area (Å²) < 4.78 is 5.01. The number of rotatable bonds is 3. The molecule has 4 heteroatoms. The first kappa shape index (κ1) is 12.9. The number of aliphatic hydroxyl groups excluding tert-OH is 1. The monoisotopic (exact) mass is 255 g/mol. The number of amides is 1. The first-order valence-corrected chi connectivity index (χ1v) is 5.84. The van der Waals surface area contributed by atoms with Crippen LogP contribution < -0.4 is 5.32 Å². The van der Waals surface area contributed by atoms with Gasteiger partial charge in [-0.3, -0.25) is 4.79 Å².